The van der Waals surface area contributed by atoms with Gasteiger partial charge >= 0.3 is 12.1 Å². The number of carboxylic acid groups (broad SMARTS) is 1. The highest BCUT2D eigenvalue weighted by Crippen LogP contribution is 2.45. The van der Waals surface area contributed by atoms with Crippen molar-refractivity contribution in [3.8, 4) is 11.5 Å². The first-order valence-electron chi connectivity index (χ1n) is 13.2. The van der Waals surface area contributed by atoms with Crippen LogP contribution in [0.1, 0.15) is 56.1 Å². The molecule has 1 N–H and O–H groups in total. The fourth-order valence-electron chi connectivity index (χ4n) is 5.03. The van der Waals surface area contributed by atoms with Gasteiger partial charge in [0.2, 0.25) is 0 Å². The number of aliphatic carboxylic acids is 1. The first-order chi connectivity index (χ1) is 18.1. The minimum Gasteiger partial charge on any atom is -0.497 e. The largest absolute Gasteiger partial charge is 0.497 e. The molecule has 2 aromatic rings. The van der Waals surface area contributed by atoms with Crippen molar-refractivity contribution in [2.45, 2.75) is 63.8 Å². The third-order valence-electron chi connectivity index (χ3n) is 7.56. The Balaban J connectivity index is 1.33. The van der Waals surface area contributed by atoms with Crippen LogP contribution >= 0.6 is 0 Å². The molecule has 0 radical (unpaired) electrons. The van der Waals surface area contributed by atoms with Gasteiger partial charge in [0.15, 0.2) is 6.10 Å². The number of carbonyl (C=O) groups is 1. The van der Waals surface area contributed by atoms with Crippen molar-refractivity contribution in [3.63, 3.8) is 0 Å². The average Bonchev–Trinajstić information content (AvgIpc) is 3.74. The van der Waals surface area contributed by atoms with Crippen LogP contribution in [0.5, 0.6) is 11.5 Å². The Kier molecular flexibility index (Phi) is 9.07. The summed E-state index contributed by atoms with van der Waals surface area (Å²) in [5.41, 5.74) is 2.55. The molecule has 208 valence electrons. The van der Waals surface area contributed by atoms with Gasteiger partial charge in [-0.25, -0.2) is 0 Å². The molecule has 2 atom stereocenters. The first-order valence-corrected chi connectivity index (χ1v) is 13.2. The van der Waals surface area contributed by atoms with Gasteiger partial charge in [-0.1, -0.05) is 18.2 Å². The quantitative estimate of drug-likeness (QED) is 0.338. The van der Waals surface area contributed by atoms with Crippen LogP contribution in [0, 0.1) is 11.8 Å². The van der Waals surface area contributed by atoms with Crippen LogP contribution in [-0.2, 0) is 16.1 Å². The zero-order valence-electron chi connectivity index (χ0n) is 21.9. The fraction of sp³-hybridized carbons (Fsp3) is 0.552. The van der Waals surface area contributed by atoms with Gasteiger partial charge in [-0.15, -0.1) is 0 Å². The SMILES string of the molecule is COc1ccc(COC(C)C(F)(F)F)c(N2CCC(COc3cccc(C(CC(=O)O)C4CC4)c3)CC2)c1. The molecule has 1 saturated carbocycles. The molecule has 1 saturated heterocycles. The van der Waals surface area contributed by atoms with Crippen LogP contribution in [0.3, 0.4) is 0 Å². The Bertz CT molecular complexity index is 1080. The van der Waals surface area contributed by atoms with E-state index in [1.165, 1.54) is 0 Å². The Morgan fingerprint density at radius 1 is 1.08 bits per heavy atom. The number of hydrogen-bond donors (Lipinski definition) is 1. The molecule has 0 aromatic heterocycles. The lowest BCUT2D eigenvalue weighted by molar-refractivity contribution is -0.217. The van der Waals surface area contributed by atoms with Gasteiger partial charge < -0.3 is 24.2 Å². The van der Waals surface area contributed by atoms with Crippen LogP contribution in [0.15, 0.2) is 42.5 Å². The number of benzene rings is 2. The molecule has 0 bridgehead atoms. The van der Waals surface area contributed by atoms with Gasteiger partial charge in [0, 0.05) is 30.4 Å². The highest BCUT2D eigenvalue weighted by molar-refractivity contribution is 5.68. The number of methoxy groups -OCH3 is 1. The lowest BCUT2D eigenvalue weighted by Gasteiger charge is -2.35. The Morgan fingerprint density at radius 2 is 1.82 bits per heavy atom. The molecule has 2 fully saturated rings. The molecule has 4 rings (SSSR count). The van der Waals surface area contributed by atoms with E-state index in [9.17, 15) is 23.1 Å². The Labute approximate surface area is 221 Å². The monoisotopic (exact) mass is 535 g/mol. The van der Waals surface area contributed by atoms with Gasteiger partial charge in [-0.3, -0.25) is 4.79 Å². The number of halogens is 3. The van der Waals surface area contributed by atoms with Gasteiger partial charge in [0.05, 0.1) is 26.7 Å². The molecule has 2 aliphatic rings. The summed E-state index contributed by atoms with van der Waals surface area (Å²) in [6.45, 7) is 2.92. The van der Waals surface area contributed by atoms with Crippen molar-refractivity contribution in [1.82, 2.24) is 0 Å². The van der Waals surface area contributed by atoms with E-state index in [0.29, 0.717) is 29.8 Å². The van der Waals surface area contributed by atoms with E-state index in [-0.39, 0.29) is 18.9 Å². The number of piperidine rings is 1. The summed E-state index contributed by atoms with van der Waals surface area (Å²) < 4.78 is 55.4. The summed E-state index contributed by atoms with van der Waals surface area (Å²) in [5.74, 6) is 1.43. The van der Waals surface area contributed by atoms with Crippen molar-refractivity contribution in [3.05, 3.63) is 53.6 Å². The van der Waals surface area contributed by atoms with Crippen molar-refractivity contribution in [1.29, 1.82) is 0 Å². The molecule has 1 aliphatic heterocycles. The highest BCUT2D eigenvalue weighted by atomic mass is 19.4. The van der Waals surface area contributed by atoms with Crippen LogP contribution in [0.2, 0.25) is 0 Å². The molecule has 2 unspecified atom stereocenters. The normalized spacial score (nSPS) is 18.2. The van der Waals surface area contributed by atoms with Crippen molar-refractivity contribution < 1.29 is 37.3 Å². The second-order valence-corrected chi connectivity index (χ2v) is 10.3. The van der Waals surface area contributed by atoms with Crippen LogP contribution < -0.4 is 14.4 Å². The summed E-state index contributed by atoms with van der Waals surface area (Å²) in [7, 11) is 1.56. The van der Waals surface area contributed by atoms with Crippen LogP contribution in [0.4, 0.5) is 18.9 Å². The third-order valence-corrected chi connectivity index (χ3v) is 7.56. The molecule has 0 amide bonds. The zero-order valence-corrected chi connectivity index (χ0v) is 21.9. The second kappa shape index (κ2) is 12.3. The van der Waals surface area contributed by atoms with E-state index >= 15 is 0 Å². The van der Waals surface area contributed by atoms with E-state index in [2.05, 4.69) is 4.90 Å². The number of rotatable bonds is 12. The second-order valence-electron chi connectivity index (χ2n) is 10.3. The lowest BCUT2D eigenvalue weighted by Crippen LogP contribution is -2.36. The summed E-state index contributed by atoms with van der Waals surface area (Å²) in [4.78, 5) is 13.5. The van der Waals surface area contributed by atoms with Gasteiger partial charge in [0.1, 0.15) is 11.5 Å². The maximum Gasteiger partial charge on any atom is 0.414 e. The molecule has 0 spiro atoms. The standard InChI is InChI=1S/C29H36F3NO5/c1-19(29(30,31)32)37-18-23-8-9-24(36-2)15-27(23)33-12-10-20(11-13-33)17-38-25-5-3-4-22(14-25)26(16-28(34)35)21-6-7-21/h3-5,8-9,14-15,19-21,26H,6-7,10-13,16-18H2,1-2H3,(H,34,35). The van der Waals surface area contributed by atoms with Gasteiger partial charge in [-0.2, -0.15) is 13.2 Å². The number of ether oxygens (including phenoxy) is 3. The van der Waals surface area contributed by atoms with E-state index < -0.39 is 18.2 Å². The molecule has 2 aromatic carbocycles. The first kappa shape index (κ1) is 28.1. The van der Waals surface area contributed by atoms with Gasteiger partial charge in [0.25, 0.3) is 0 Å². The topological polar surface area (TPSA) is 68.2 Å². The van der Waals surface area contributed by atoms with E-state index in [4.69, 9.17) is 14.2 Å². The maximum absolute atomic E-state index is 12.9. The van der Waals surface area contributed by atoms with E-state index in [1.807, 2.05) is 30.3 Å². The number of hydrogen-bond acceptors (Lipinski definition) is 5. The van der Waals surface area contributed by atoms with Crippen molar-refractivity contribution >= 4 is 11.7 Å². The molecule has 1 heterocycles. The highest BCUT2D eigenvalue weighted by Gasteiger charge is 2.37. The fourth-order valence-corrected chi connectivity index (χ4v) is 5.03. The zero-order chi connectivity index (χ0) is 27.3. The summed E-state index contributed by atoms with van der Waals surface area (Å²) >= 11 is 0. The molecule has 1 aliphatic carbocycles. The Hall–Kier alpha value is -2.94. The molecule has 6 nitrogen and oxygen atoms in total. The predicted molar refractivity (Wildman–Crippen MR) is 138 cm³/mol. The minimum atomic E-state index is -4.40. The number of anilines is 1. The summed E-state index contributed by atoms with van der Waals surface area (Å²) in [6.07, 6.45) is -2.21. The number of nitrogens with zero attached hydrogens (tertiary/aromatic N) is 1. The van der Waals surface area contributed by atoms with E-state index in [0.717, 1.165) is 62.7 Å². The smallest absolute Gasteiger partial charge is 0.414 e. The third kappa shape index (κ3) is 7.56. The predicted octanol–water partition coefficient (Wildman–Crippen LogP) is 6.43. The summed E-state index contributed by atoms with van der Waals surface area (Å²) in [6, 6.07) is 13.2. The number of alkyl halides is 3. The van der Waals surface area contributed by atoms with E-state index in [1.54, 1.807) is 19.2 Å². The molecular formula is C29H36F3NO5. The molecule has 9 heteroatoms. The summed E-state index contributed by atoms with van der Waals surface area (Å²) in [5, 5.41) is 9.31. The average molecular weight is 536 g/mol. The maximum atomic E-state index is 12.9. The van der Waals surface area contributed by atoms with Crippen LogP contribution in [0.25, 0.3) is 0 Å². The minimum absolute atomic E-state index is 0.0273. The van der Waals surface area contributed by atoms with Crippen molar-refractivity contribution in [2.24, 2.45) is 11.8 Å². The lowest BCUT2D eigenvalue weighted by atomic mass is 9.91. The van der Waals surface area contributed by atoms with Crippen LogP contribution in [-0.4, -0.2) is 50.2 Å². The molecule has 38 heavy (non-hydrogen) atoms. The molecular weight excluding hydrogens is 499 g/mol. The number of carboxylic acids is 1. The Morgan fingerprint density at radius 3 is 2.45 bits per heavy atom. The van der Waals surface area contributed by atoms with Gasteiger partial charge in [-0.05, 0) is 74.1 Å². The van der Waals surface area contributed by atoms with Crippen molar-refractivity contribution in [2.75, 3.05) is 31.7 Å².